The lowest BCUT2D eigenvalue weighted by molar-refractivity contribution is 0.0679. The minimum atomic E-state index is 0.233. The summed E-state index contributed by atoms with van der Waals surface area (Å²) >= 11 is 7.88. The van der Waals surface area contributed by atoms with Gasteiger partial charge in [-0.15, -0.1) is 0 Å². The Morgan fingerprint density at radius 1 is 1.33 bits per heavy atom. The monoisotopic (exact) mass is 362 g/mol. The third-order valence-corrected chi connectivity index (χ3v) is 5.15. The van der Waals surface area contributed by atoms with Crippen molar-refractivity contribution in [2.45, 2.75) is 18.9 Å². The highest BCUT2D eigenvalue weighted by Gasteiger charge is 2.23. The van der Waals surface area contributed by atoms with Crippen LogP contribution in [0.15, 0.2) is 46.0 Å². The van der Waals surface area contributed by atoms with Gasteiger partial charge in [0.15, 0.2) is 0 Å². The maximum atomic E-state index is 6.28. The van der Waals surface area contributed by atoms with Crippen molar-refractivity contribution in [3.8, 4) is 5.75 Å². The van der Waals surface area contributed by atoms with Gasteiger partial charge in [0.05, 0.1) is 11.1 Å². The van der Waals surface area contributed by atoms with Crippen LogP contribution in [0.3, 0.4) is 0 Å². The summed E-state index contributed by atoms with van der Waals surface area (Å²) in [6.45, 7) is 2.40. The van der Waals surface area contributed by atoms with Gasteiger partial charge in [-0.3, -0.25) is 0 Å². The van der Waals surface area contributed by atoms with E-state index in [0.717, 1.165) is 59.5 Å². The van der Waals surface area contributed by atoms with Crippen LogP contribution in [0.1, 0.15) is 18.4 Å². The van der Waals surface area contributed by atoms with Crippen molar-refractivity contribution < 1.29 is 9.47 Å². The summed E-state index contributed by atoms with van der Waals surface area (Å²) in [5.74, 6) is 2.82. The van der Waals surface area contributed by atoms with Gasteiger partial charge in [-0.25, -0.2) is 0 Å². The van der Waals surface area contributed by atoms with Crippen LogP contribution in [0.4, 0.5) is 0 Å². The molecule has 0 amide bonds. The molecule has 0 bridgehead atoms. The van der Waals surface area contributed by atoms with Crippen molar-refractivity contribution in [2.24, 2.45) is 4.40 Å². The molecule has 4 nitrogen and oxygen atoms in total. The van der Waals surface area contributed by atoms with Crippen molar-refractivity contribution >= 4 is 35.0 Å². The summed E-state index contributed by atoms with van der Waals surface area (Å²) in [5, 5.41) is 0.731. The van der Waals surface area contributed by atoms with Gasteiger partial charge in [0.25, 0.3) is 0 Å². The summed E-state index contributed by atoms with van der Waals surface area (Å²) in [6.07, 6.45) is 6.37. The average molecular weight is 363 g/mol. The summed E-state index contributed by atoms with van der Waals surface area (Å²) < 4.78 is 16.0. The van der Waals surface area contributed by atoms with Gasteiger partial charge in [-0.05, 0) is 48.6 Å². The zero-order valence-electron chi connectivity index (χ0n) is 13.3. The summed E-state index contributed by atoms with van der Waals surface area (Å²) in [7, 11) is 0. The van der Waals surface area contributed by atoms with Gasteiger partial charge >= 0.3 is 0 Å². The predicted octanol–water partition coefficient (Wildman–Crippen LogP) is 4.08. The van der Waals surface area contributed by atoms with Crippen molar-refractivity contribution in [2.75, 3.05) is 25.5 Å². The summed E-state index contributed by atoms with van der Waals surface area (Å²) in [4.78, 5) is 2.12. The molecule has 1 fully saturated rings. The third kappa shape index (κ3) is 3.48. The minimum absolute atomic E-state index is 0.233. The lowest BCUT2D eigenvalue weighted by Gasteiger charge is -2.30. The molecule has 1 aromatic rings. The Labute approximate surface area is 151 Å². The molecule has 1 atom stereocenters. The predicted molar refractivity (Wildman–Crippen MR) is 99.4 cm³/mol. The Hall–Kier alpha value is -1.43. The highest BCUT2D eigenvalue weighted by molar-refractivity contribution is 7.98. The highest BCUT2D eigenvalue weighted by atomic mass is 35.5. The van der Waals surface area contributed by atoms with E-state index in [9.17, 15) is 0 Å². The number of amidine groups is 1. The van der Waals surface area contributed by atoms with E-state index in [1.807, 2.05) is 24.4 Å². The second-order valence-electron chi connectivity index (χ2n) is 5.98. The first-order valence-corrected chi connectivity index (χ1v) is 9.52. The Balaban J connectivity index is 1.49. The van der Waals surface area contributed by atoms with Crippen molar-refractivity contribution in [1.29, 1.82) is 0 Å². The average Bonchev–Trinajstić information content (AvgIpc) is 3.13. The Morgan fingerprint density at radius 2 is 2.21 bits per heavy atom. The molecular formula is C18H19ClN2O2S. The quantitative estimate of drug-likeness (QED) is 0.756. The molecule has 24 heavy (non-hydrogen) atoms. The standard InChI is InChI=1S/C18H19ClN2O2S/c19-14-10-17(18-20-24-9-7-21(18)11-14)13-3-5-15(6-4-13)23-12-16-2-1-8-22-16/h3-6,10-11,16H,1-2,7-9,12H2. The van der Waals surface area contributed by atoms with Gasteiger partial charge in [-0.2, -0.15) is 4.40 Å². The Morgan fingerprint density at radius 3 is 3.00 bits per heavy atom. The van der Waals surface area contributed by atoms with Gasteiger partial charge in [0.2, 0.25) is 0 Å². The number of rotatable bonds is 4. The molecule has 3 aliphatic rings. The van der Waals surface area contributed by atoms with E-state index in [1.165, 1.54) is 0 Å². The molecule has 6 heteroatoms. The van der Waals surface area contributed by atoms with Crippen LogP contribution in [0.5, 0.6) is 5.75 Å². The molecule has 0 spiro atoms. The number of allylic oxidation sites excluding steroid dienone is 2. The minimum Gasteiger partial charge on any atom is -0.491 e. The molecule has 0 radical (unpaired) electrons. The number of hydrogen-bond donors (Lipinski definition) is 0. The number of hydrogen-bond acceptors (Lipinski definition) is 5. The van der Waals surface area contributed by atoms with E-state index < -0.39 is 0 Å². The van der Waals surface area contributed by atoms with Crippen LogP contribution >= 0.6 is 23.5 Å². The SMILES string of the molecule is ClC1=CN2CCSN=C2C(c2ccc(OCC3CCCO3)cc2)=C1. The molecule has 3 heterocycles. The molecule has 4 rings (SSSR count). The second-order valence-corrected chi connectivity index (χ2v) is 7.27. The molecule has 1 aromatic carbocycles. The molecule has 0 aliphatic carbocycles. The molecular weight excluding hydrogens is 344 g/mol. The zero-order valence-corrected chi connectivity index (χ0v) is 14.9. The summed E-state index contributed by atoms with van der Waals surface area (Å²) in [5.41, 5.74) is 2.15. The Kier molecular flexibility index (Phi) is 4.83. The van der Waals surface area contributed by atoms with Crippen LogP contribution in [-0.2, 0) is 4.74 Å². The van der Waals surface area contributed by atoms with Crippen LogP contribution in [0, 0.1) is 0 Å². The highest BCUT2D eigenvalue weighted by Crippen LogP contribution is 2.31. The molecule has 1 saturated heterocycles. The van der Waals surface area contributed by atoms with E-state index in [4.69, 9.17) is 21.1 Å². The van der Waals surface area contributed by atoms with E-state index in [2.05, 4.69) is 21.4 Å². The van der Waals surface area contributed by atoms with Gasteiger partial charge in [-0.1, -0.05) is 23.7 Å². The van der Waals surface area contributed by atoms with Gasteiger partial charge in [0, 0.05) is 30.7 Å². The van der Waals surface area contributed by atoms with E-state index in [0.29, 0.717) is 6.61 Å². The van der Waals surface area contributed by atoms with Gasteiger partial charge in [0.1, 0.15) is 18.2 Å². The number of benzene rings is 1. The topological polar surface area (TPSA) is 34.1 Å². The van der Waals surface area contributed by atoms with E-state index in [-0.39, 0.29) is 6.10 Å². The first kappa shape index (κ1) is 16.1. The molecule has 0 saturated carbocycles. The lowest BCUT2D eigenvalue weighted by Crippen LogP contribution is -2.33. The maximum Gasteiger partial charge on any atom is 0.148 e. The molecule has 126 valence electrons. The molecule has 3 aliphatic heterocycles. The second kappa shape index (κ2) is 7.21. The first-order chi connectivity index (χ1) is 11.8. The fourth-order valence-electron chi connectivity index (χ4n) is 3.03. The zero-order chi connectivity index (χ0) is 16.4. The summed E-state index contributed by atoms with van der Waals surface area (Å²) in [6, 6.07) is 8.12. The fraction of sp³-hybridized carbons (Fsp3) is 0.389. The Bertz CT molecular complexity index is 693. The molecule has 0 aromatic heterocycles. The first-order valence-electron chi connectivity index (χ1n) is 8.20. The largest absolute Gasteiger partial charge is 0.491 e. The molecule has 0 N–H and O–H groups in total. The smallest absolute Gasteiger partial charge is 0.148 e. The van der Waals surface area contributed by atoms with Crippen molar-refractivity contribution in [1.82, 2.24) is 4.90 Å². The third-order valence-electron chi connectivity index (χ3n) is 4.27. The maximum absolute atomic E-state index is 6.28. The van der Waals surface area contributed by atoms with Crippen LogP contribution in [-0.4, -0.2) is 42.4 Å². The van der Waals surface area contributed by atoms with Gasteiger partial charge < -0.3 is 14.4 Å². The van der Waals surface area contributed by atoms with Crippen LogP contribution in [0.2, 0.25) is 0 Å². The normalized spacial score (nSPS) is 23.3. The van der Waals surface area contributed by atoms with Crippen LogP contribution in [0.25, 0.3) is 5.57 Å². The lowest BCUT2D eigenvalue weighted by atomic mass is 10.0. The molecule has 1 unspecified atom stereocenters. The fourth-order valence-corrected chi connectivity index (χ4v) is 3.95. The number of halogens is 1. The van der Waals surface area contributed by atoms with Crippen molar-refractivity contribution in [3.63, 3.8) is 0 Å². The van der Waals surface area contributed by atoms with E-state index in [1.54, 1.807) is 11.9 Å². The van der Waals surface area contributed by atoms with E-state index >= 15 is 0 Å². The number of ether oxygens (including phenoxy) is 2. The number of fused-ring (bicyclic) bond motifs is 1. The van der Waals surface area contributed by atoms with Crippen molar-refractivity contribution in [3.05, 3.63) is 47.1 Å². The number of nitrogens with zero attached hydrogens (tertiary/aromatic N) is 2. The van der Waals surface area contributed by atoms with Crippen LogP contribution < -0.4 is 4.74 Å².